The molecule has 0 radical (unpaired) electrons. The fraction of sp³-hybridized carbons (Fsp3) is 0.500. The van der Waals surface area contributed by atoms with E-state index in [0.717, 1.165) is 17.5 Å². The van der Waals surface area contributed by atoms with Gasteiger partial charge in [0, 0.05) is 6.04 Å². The van der Waals surface area contributed by atoms with E-state index in [2.05, 4.69) is 5.32 Å². The number of benzene rings is 1. The molecule has 2 N–H and O–H groups in total. The van der Waals surface area contributed by atoms with Crippen molar-refractivity contribution in [1.29, 1.82) is 0 Å². The quantitative estimate of drug-likeness (QED) is 0.772. The number of carbonyl (C=O) groups excluding carboxylic acids is 1. The van der Waals surface area contributed by atoms with Crippen molar-refractivity contribution in [2.45, 2.75) is 46.1 Å². The molecule has 0 fully saturated rings. The number of rotatable bonds is 8. The van der Waals surface area contributed by atoms with Gasteiger partial charge in [-0.05, 0) is 37.5 Å². The molecule has 0 saturated carbocycles. The van der Waals surface area contributed by atoms with Gasteiger partial charge in [0.15, 0.2) is 6.61 Å². The Morgan fingerprint density at radius 2 is 2.05 bits per heavy atom. The summed E-state index contributed by atoms with van der Waals surface area (Å²) in [4.78, 5) is 22.6. The Kier molecular flexibility index (Phi) is 6.72. The smallest absolute Gasteiger partial charge is 0.305 e. The second kappa shape index (κ2) is 8.29. The van der Waals surface area contributed by atoms with E-state index in [9.17, 15) is 9.59 Å². The van der Waals surface area contributed by atoms with Crippen LogP contribution in [0.4, 0.5) is 0 Å². The number of carboxylic acid groups (broad SMARTS) is 1. The summed E-state index contributed by atoms with van der Waals surface area (Å²) >= 11 is 0. The van der Waals surface area contributed by atoms with Gasteiger partial charge in [-0.2, -0.15) is 0 Å². The first kappa shape index (κ1) is 17.0. The molecule has 0 aromatic heterocycles. The molecule has 0 bridgehead atoms. The highest BCUT2D eigenvalue weighted by Crippen LogP contribution is 2.18. The molecular formula is C16H23NO4. The Labute approximate surface area is 125 Å². The molecule has 1 aromatic carbocycles. The molecule has 1 rings (SSSR count). The first-order chi connectivity index (χ1) is 9.92. The molecule has 5 nitrogen and oxygen atoms in total. The zero-order valence-electron chi connectivity index (χ0n) is 12.8. The summed E-state index contributed by atoms with van der Waals surface area (Å²) in [5.41, 5.74) is 2.02. The van der Waals surface area contributed by atoms with Crippen molar-refractivity contribution in [2.75, 3.05) is 6.61 Å². The van der Waals surface area contributed by atoms with Gasteiger partial charge in [0.05, 0.1) is 6.42 Å². The average molecular weight is 293 g/mol. The number of aryl methyl sites for hydroxylation is 2. The molecule has 21 heavy (non-hydrogen) atoms. The normalized spacial score (nSPS) is 11.8. The van der Waals surface area contributed by atoms with Crippen LogP contribution in [0.5, 0.6) is 5.75 Å². The van der Waals surface area contributed by atoms with Crippen molar-refractivity contribution in [3.8, 4) is 5.75 Å². The maximum Gasteiger partial charge on any atom is 0.305 e. The van der Waals surface area contributed by atoms with Gasteiger partial charge in [0.25, 0.3) is 5.91 Å². The van der Waals surface area contributed by atoms with Gasteiger partial charge in [0.2, 0.25) is 0 Å². The molecule has 0 saturated heterocycles. The lowest BCUT2D eigenvalue weighted by molar-refractivity contribution is -0.137. The fourth-order valence-electron chi connectivity index (χ4n) is 2.06. The summed E-state index contributed by atoms with van der Waals surface area (Å²) in [7, 11) is 0. The number of amides is 1. The van der Waals surface area contributed by atoms with Crippen LogP contribution in [0.1, 0.15) is 37.3 Å². The number of aliphatic carboxylic acids is 1. The van der Waals surface area contributed by atoms with Crippen LogP contribution in [0.3, 0.4) is 0 Å². The Hall–Kier alpha value is -2.04. The molecule has 116 valence electrons. The Morgan fingerprint density at radius 1 is 1.33 bits per heavy atom. The minimum atomic E-state index is -0.913. The second-order valence-corrected chi connectivity index (χ2v) is 5.21. The minimum absolute atomic E-state index is 0.0664. The van der Waals surface area contributed by atoms with Crippen molar-refractivity contribution in [3.63, 3.8) is 0 Å². The summed E-state index contributed by atoms with van der Waals surface area (Å²) < 4.78 is 5.50. The molecule has 1 unspecified atom stereocenters. The Balaban J connectivity index is 2.52. The first-order valence-corrected chi connectivity index (χ1v) is 7.13. The van der Waals surface area contributed by atoms with Crippen molar-refractivity contribution in [2.24, 2.45) is 0 Å². The third-order valence-corrected chi connectivity index (χ3v) is 3.13. The lowest BCUT2D eigenvalue weighted by Gasteiger charge is -2.16. The number of nitrogens with one attached hydrogen (secondary N) is 1. The minimum Gasteiger partial charge on any atom is -0.483 e. The Bertz CT molecular complexity index is 499. The van der Waals surface area contributed by atoms with Crippen LogP contribution in [0.25, 0.3) is 0 Å². The van der Waals surface area contributed by atoms with Gasteiger partial charge in [-0.1, -0.05) is 25.5 Å². The second-order valence-electron chi connectivity index (χ2n) is 5.21. The molecule has 5 heteroatoms. The van der Waals surface area contributed by atoms with Crippen LogP contribution in [0.2, 0.25) is 0 Å². The lowest BCUT2D eigenvalue weighted by Crippen LogP contribution is -2.39. The number of hydrogen-bond acceptors (Lipinski definition) is 3. The van der Waals surface area contributed by atoms with Gasteiger partial charge in [-0.25, -0.2) is 0 Å². The maximum atomic E-state index is 11.9. The van der Waals surface area contributed by atoms with E-state index in [1.165, 1.54) is 0 Å². The standard InChI is InChI=1S/C16H23NO4/c1-4-5-13(9-16(19)20)17-15(18)10-21-14-8-11(2)6-7-12(14)3/h6-8,13H,4-5,9-10H2,1-3H3,(H,17,18)(H,19,20). The maximum absolute atomic E-state index is 11.9. The van der Waals surface area contributed by atoms with Crippen LogP contribution in [-0.4, -0.2) is 29.6 Å². The Morgan fingerprint density at radius 3 is 2.67 bits per heavy atom. The van der Waals surface area contributed by atoms with Crippen molar-refractivity contribution >= 4 is 11.9 Å². The van der Waals surface area contributed by atoms with Gasteiger partial charge in [-0.3, -0.25) is 9.59 Å². The molecule has 0 aliphatic heterocycles. The third kappa shape index (κ3) is 6.29. The molecule has 0 aliphatic carbocycles. The van der Waals surface area contributed by atoms with Gasteiger partial charge in [0.1, 0.15) is 5.75 Å². The van der Waals surface area contributed by atoms with Crippen LogP contribution in [-0.2, 0) is 9.59 Å². The predicted octanol–water partition coefficient (Wildman–Crippen LogP) is 2.44. The SMILES string of the molecule is CCCC(CC(=O)O)NC(=O)COc1cc(C)ccc1C. The van der Waals surface area contributed by atoms with Crippen LogP contribution < -0.4 is 10.1 Å². The monoisotopic (exact) mass is 293 g/mol. The summed E-state index contributed by atoms with van der Waals surface area (Å²) in [6.07, 6.45) is 1.39. The van der Waals surface area contributed by atoms with Gasteiger partial charge >= 0.3 is 5.97 Å². The summed E-state index contributed by atoms with van der Waals surface area (Å²) in [6, 6.07) is 5.45. The summed E-state index contributed by atoms with van der Waals surface area (Å²) in [6.45, 7) is 5.71. The zero-order chi connectivity index (χ0) is 15.8. The van der Waals surface area contributed by atoms with Crippen LogP contribution >= 0.6 is 0 Å². The largest absolute Gasteiger partial charge is 0.483 e. The highest BCUT2D eigenvalue weighted by atomic mass is 16.5. The van der Waals surface area contributed by atoms with E-state index >= 15 is 0 Å². The number of hydrogen-bond donors (Lipinski definition) is 2. The molecule has 0 spiro atoms. The van der Waals surface area contributed by atoms with E-state index in [4.69, 9.17) is 9.84 Å². The molecule has 0 aliphatic rings. The van der Waals surface area contributed by atoms with Crippen molar-refractivity contribution in [1.82, 2.24) is 5.32 Å². The molecule has 1 atom stereocenters. The zero-order valence-corrected chi connectivity index (χ0v) is 12.8. The number of carbonyl (C=O) groups is 2. The number of carboxylic acids is 1. The van der Waals surface area contributed by atoms with E-state index < -0.39 is 5.97 Å². The van der Waals surface area contributed by atoms with Gasteiger partial charge in [-0.15, -0.1) is 0 Å². The van der Waals surface area contributed by atoms with Crippen molar-refractivity contribution < 1.29 is 19.4 Å². The summed E-state index contributed by atoms with van der Waals surface area (Å²) in [5.74, 6) is -0.532. The van der Waals surface area contributed by atoms with E-state index in [-0.39, 0.29) is 25.0 Å². The lowest BCUT2D eigenvalue weighted by atomic mass is 10.1. The molecule has 0 heterocycles. The van der Waals surface area contributed by atoms with E-state index in [0.29, 0.717) is 12.2 Å². The predicted molar refractivity (Wildman–Crippen MR) is 80.5 cm³/mol. The fourth-order valence-corrected chi connectivity index (χ4v) is 2.06. The third-order valence-electron chi connectivity index (χ3n) is 3.13. The van der Waals surface area contributed by atoms with E-state index in [1.807, 2.05) is 39.0 Å². The topological polar surface area (TPSA) is 75.6 Å². The molecular weight excluding hydrogens is 270 g/mol. The average Bonchev–Trinajstić information content (AvgIpc) is 2.39. The number of ether oxygens (including phenoxy) is 1. The molecule has 1 amide bonds. The first-order valence-electron chi connectivity index (χ1n) is 7.13. The van der Waals surface area contributed by atoms with Gasteiger partial charge < -0.3 is 15.2 Å². The summed E-state index contributed by atoms with van der Waals surface area (Å²) in [5, 5.41) is 11.5. The highest BCUT2D eigenvalue weighted by molar-refractivity contribution is 5.78. The van der Waals surface area contributed by atoms with Crippen LogP contribution in [0, 0.1) is 13.8 Å². The van der Waals surface area contributed by atoms with Crippen LogP contribution in [0.15, 0.2) is 18.2 Å². The highest BCUT2D eigenvalue weighted by Gasteiger charge is 2.15. The van der Waals surface area contributed by atoms with E-state index in [1.54, 1.807) is 0 Å². The van der Waals surface area contributed by atoms with Crippen molar-refractivity contribution in [3.05, 3.63) is 29.3 Å². The molecule has 1 aromatic rings.